The Kier molecular flexibility index (Phi) is 3.51. The lowest BCUT2D eigenvalue weighted by Gasteiger charge is -2.11. The van der Waals surface area contributed by atoms with Gasteiger partial charge in [-0.15, -0.1) is 0 Å². The van der Waals surface area contributed by atoms with Crippen LogP contribution in [0.2, 0.25) is 5.02 Å². The van der Waals surface area contributed by atoms with Crippen molar-refractivity contribution in [1.82, 2.24) is 0 Å². The Morgan fingerprint density at radius 3 is 2.48 bits per heavy atom. The van der Waals surface area contributed by atoms with Crippen molar-refractivity contribution in [1.29, 1.82) is 5.26 Å². The molecule has 0 heterocycles. The van der Waals surface area contributed by atoms with E-state index < -0.39 is 0 Å². The summed E-state index contributed by atoms with van der Waals surface area (Å²) in [6.07, 6.45) is 0. The van der Waals surface area contributed by atoms with E-state index in [0.29, 0.717) is 16.3 Å². The van der Waals surface area contributed by atoms with E-state index in [2.05, 4.69) is 6.07 Å². The van der Waals surface area contributed by atoms with Gasteiger partial charge in [-0.1, -0.05) is 35.9 Å². The minimum absolute atomic E-state index is 0.656. The van der Waals surface area contributed by atoms with Crippen molar-refractivity contribution >= 4 is 22.4 Å². The third-order valence-corrected chi connectivity index (χ3v) is 3.71. The number of hydrogen-bond acceptors (Lipinski definition) is 2. The van der Waals surface area contributed by atoms with Crippen LogP contribution in [-0.4, -0.2) is 0 Å². The van der Waals surface area contributed by atoms with Crippen molar-refractivity contribution in [3.05, 3.63) is 70.7 Å². The summed E-state index contributed by atoms with van der Waals surface area (Å²) in [6, 6.07) is 19.1. The molecular weight excluding hydrogens is 282 g/mol. The van der Waals surface area contributed by atoms with Crippen LogP contribution in [0.25, 0.3) is 10.8 Å². The number of fused-ring (bicyclic) bond motifs is 1. The second-order valence-corrected chi connectivity index (χ2v) is 5.19. The maximum Gasteiger partial charge on any atom is 0.135 e. The average molecular weight is 294 g/mol. The van der Waals surface area contributed by atoms with E-state index in [-0.39, 0.29) is 0 Å². The SMILES string of the molecule is Cc1cc(Oc2ccc(Cl)c3ccccc23)ccc1C#N. The van der Waals surface area contributed by atoms with Gasteiger partial charge in [0.2, 0.25) is 0 Å². The minimum atomic E-state index is 0.656. The van der Waals surface area contributed by atoms with Gasteiger partial charge in [-0.3, -0.25) is 0 Å². The van der Waals surface area contributed by atoms with Crippen molar-refractivity contribution < 1.29 is 4.74 Å². The average Bonchev–Trinajstić information content (AvgIpc) is 2.51. The molecule has 0 fully saturated rings. The Bertz CT molecular complexity index is 865. The summed E-state index contributed by atoms with van der Waals surface area (Å²) in [7, 11) is 0. The summed E-state index contributed by atoms with van der Waals surface area (Å²) >= 11 is 6.21. The highest BCUT2D eigenvalue weighted by molar-refractivity contribution is 6.35. The number of nitriles is 1. The Morgan fingerprint density at radius 1 is 1.00 bits per heavy atom. The van der Waals surface area contributed by atoms with Gasteiger partial charge in [0.15, 0.2) is 0 Å². The van der Waals surface area contributed by atoms with E-state index in [1.165, 1.54) is 0 Å². The molecule has 0 bridgehead atoms. The molecule has 0 aromatic heterocycles. The molecule has 3 heteroatoms. The molecule has 3 rings (SSSR count). The molecule has 2 nitrogen and oxygen atoms in total. The fourth-order valence-corrected chi connectivity index (χ4v) is 2.50. The van der Waals surface area contributed by atoms with Gasteiger partial charge < -0.3 is 4.74 Å². The van der Waals surface area contributed by atoms with E-state index in [1.807, 2.05) is 49.4 Å². The van der Waals surface area contributed by atoms with Crippen LogP contribution in [0.5, 0.6) is 11.5 Å². The van der Waals surface area contributed by atoms with Crippen LogP contribution in [0.4, 0.5) is 0 Å². The summed E-state index contributed by atoms with van der Waals surface area (Å²) in [4.78, 5) is 0. The smallest absolute Gasteiger partial charge is 0.135 e. The molecule has 0 aliphatic rings. The maximum atomic E-state index is 8.97. The van der Waals surface area contributed by atoms with E-state index in [0.717, 1.165) is 22.1 Å². The largest absolute Gasteiger partial charge is 0.457 e. The number of aryl methyl sites for hydroxylation is 1. The van der Waals surface area contributed by atoms with E-state index in [1.54, 1.807) is 12.1 Å². The van der Waals surface area contributed by atoms with Gasteiger partial charge in [-0.2, -0.15) is 5.26 Å². The first-order valence-corrected chi connectivity index (χ1v) is 6.92. The molecule has 0 saturated carbocycles. The zero-order valence-corrected chi connectivity index (χ0v) is 12.2. The van der Waals surface area contributed by atoms with Crippen molar-refractivity contribution in [2.75, 3.05) is 0 Å². The molecule has 0 N–H and O–H groups in total. The molecule has 0 spiro atoms. The highest BCUT2D eigenvalue weighted by atomic mass is 35.5. The second kappa shape index (κ2) is 5.47. The number of ether oxygens (including phenoxy) is 1. The Hall–Kier alpha value is -2.50. The van der Waals surface area contributed by atoms with Crippen molar-refractivity contribution in [3.63, 3.8) is 0 Å². The van der Waals surface area contributed by atoms with Gasteiger partial charge in [0.1, 0.15) is 11.5 Å². The molecular formula is C18H12ClNO. The van der Waals surface area contributed by atoms with Gasteiger partial charge in [-0.25, -0.2) is 0 Å². The summed E-state index contributed by atoms with van der Waals surface area (Å²) in [5.41, 5.74) is 1.55. The summed E-state index contributed by atoms with van der Waals surface area (Å²) in [5, 5.41) is 11.6. The highest BCUT2D eigenvalue weighted by Crippen LogP contribution is 2.34. The zero-order chi connectivity index (χ0) is 14.8. The van der Waals surface area contributed by atoms with Gasteiger partial charge in [-0.05, 0) is 42.8 Å². The second-order valence-electron chi connectivity index (χ2n) is 4.78. The Morgan fingerprint density at radius 2 is 1.76 bits per heavy atom. The van der Waals surface area contributed by atoms with Crippen LogP contribution >= 0.6 is 11.6 Å². The Labute approximate surface area is 128 Å². The first kappa shape index (κ1) is 13.5. The van der Waals surface area contributed by atoms with Crippen LogP contribution in [0.15, 0.2) is 54.6 Å². The van der Waals surface area contributed by atoms with Crippen molar-refractivity contribution in [2.24, 2.45) is 0 Å². The van der Waals surface area contributed by atoms with E-state index in [4.69, 9.17) is 21.6 Å². The number of benzene rings is 3. The lowest BCUT2D eigenvalue weighted by Crippen LogP contribution is -1.89. The van der Waals surface area contributed by atoms with Gasteiger partial charge in [0.25, 0.3) is 0 Å². The third-order valence-electron chi connectivity index (χ3n) is 3.38. The number of nitrogens with zero attached hydrogens (tertiary/aromatic N) is 1. The highest BCUT2D eigenvalue weighted by Gasteiger charge is 2.07. The predicted molar refractivity (Wildman–Crippen MR) is 84.9 cm³/mol. The van der Waals surface area contributed by atoms with Crippen LogP contribution in [0.1, 0.15) is 11.1 Å². The fraction of sp³-hybridized carbons (Fsp3) is 0.0556. The molecule has 0 aliphatic carbocycles. The quantitative estimate of drug-likeness (QED) is 0.628. The maximum absolute atomic E-state index is 8.97. The first-order chi connectivity index (χ1) is 10.2. The number of rotatable bonds is 2. The lowest BCUT2D eigenvalue weighted by atomic mass is 10.1. The summed E-state index contributed by atoms with van der Waals surface area (Å²) in [6.45, 7) is 1.89. The van der Waals surface area contributed by atoms with E-state index in [9.17, 15) is 0 Å². The van der Waals surface area contributed by atoms with Gasteiger partial charge >= 0.3 is 0 Å². The van der Waals surface area contributed by atoms with E-state index >= 15 is 0 Å². The Balaban J connectivity index is 2.05. The van der Waals surface area contributed by atoms with Gasteiger partial charge in [0, 0.05) is 15.8 Å². The fourth-order valence-electron chi connectivity index (χ4n) is 2.28. The summed E-state index contributed by atoms with van der Waals surface area (Å²) in [5.74, 6) is 1.46. The molecule has 0 aliphatic heterocycles. The number of hydrogen-bond donors (Lipinski definition) is 0. The van der Waals surface area contributed by atoms with Gasteiger partial charge in [0.05, 0.1) is 11.6 Å². The molecule has 0 unspecified atom stereocenters. The molecule has 3 aromatic carbocycles. The molecule has 0 amide bonds. The monoisotopic (exact) mass is 293 g/mol. The third kappa shape index (κ3) is 2.56. The normalized spacial score (nSPS) is 10.3. The standard InChI is InChI=1S/C18H12ClNO/c1-12-10-14(7-6-13(12)11-20)21-18-9-8-17(19)15-4-2-3-5-16(15)18/h2-10H,1H3. The molecule has 0 saturated heterocycles. The molecule has 0 atom stereocenters. The molecule has 3 aromatic rings. The van der Waals surface area contributed by atoms with Crippen LogP contribution in [0.3, 0.4) is 0 Å². The van der Waals surface area contributed by atoms with Crippen LogP contribution in [0, 0.1) is 18.3 Å². The number of halogens is 1. The van der Waals surface area contributed by atoms with Crippen LogP contribution < -0.4 is 4.74 Å². The molecule has 21 heavy (non-hydrogen) atoms. The zero-order valence-electron chi connectivity index (χ0n) is 11.4. The molecule has 102 valence electrons. The molecule has 0 radical (unpaired) electrons. The van der Waals surface area contributed by atoms with Crippen LogP contribution in [-0.2, 0) is 0 Å². The van der Waals surface area contributed by atoms with Crippen molar-refractivity contribution in [2.45, 2.75) is 6.92 Å². The van der Waals surface area contributed by atoms with Crippen molar-refractivity contribution in [3.8, 4) is 17.6 Å². The first-order valence-electron chi connectivity index (χ1n) is 6.55. The topological polar surface area (TPSA) is 33.0 Å². The minimum Gasteiger partial charge on any atom is -0.457 e. The predicted octanol–water partition coefficient (Wildman–Crippen LogP) is 5.47. The lowest BCUT2D eigenvalue weighted by molar-refractivity contribution is 0.488. The summed E-state index contributed by atoms with van der Waals surface area (Å²) < 4.78 is 5.96.